The zero-order valence-electron chi connectivity index (χ0n) is 10.3. The van der Waals surface area contributed by atoms with E-state index in [2.05, 4.69) is 15.5 Å². The minimum Gasteiger partial charge on any atom is -0.325 e. The van der Waals surface area contributed by atoms with Crippen LogP contribution in [0.2, 0.25) is 5.02 Å². The van der Waals surface area contributed by atoms with Gasteiger partial charge in [0.1, 0.15) is 11.6 Å². The molecule has 5 nitrogen and oxygen atoms in total. The molecule has 0 fully saturated rings. The predicted octanol–water partition coefficient (Wildman–Crippen LogP) is 3.18. The SMILES string of the molecule is CC(Sc1nncs1)C(=O)Nc1ccc(C#N)c(Cl)c1. The van der Waals surface area contributed by atoms with E-state index in [9.17, 15) is 4.79 Å². The summed E-state index contributed by atoms with van der Waals surface area (Å²) in [6, 6.07) is 6.74. The molecule has 2 aromatic rings. The first-order valence-corrected chi connectivity index (χ1v) is 7.67. The van der Waals surface area contributed by atoms with E-state index in [1.807, 2.05) is 6.07 Å². The zero-order valence-corrected chi connectivity index (χ0v) is 12.7. The summed E-state index contributed by atoms with van der Waals surface area (Å²) in [6.45, 7) is 1.78. The second-order valence-electron chi connectivity index (χ2n) is 3.76. The normalized spacial score (nSPS) is 11.7. The van der Waals surface area contributed by atoms with Crippen molar-refractivity contribution < 1.29 is 4.79 Å². The summed E-state index contributed by atoms with van der Waals surface area (Å²) in [4.78, 5) is 12.0. The van der Waals surface area contributed by atoms with E-state index in [-0.39, 0.29) is 11.2 Å². The molecule has 0 aliphatic rings. The van der Waals surface area contributed by atoms with Crippen molar-refractivity contribution in [2.24, 2.45) is 0 Å². The van der Waals surface area contributed by atoms with Crippen molar-refractivity contribution in [3.05, 3.63) is 34.3 Å². The number of anilines is 1. The number of carbonyl (C=O) groups is 1. The Morgan fingerprint density at radius 2 is 2.40 bits per heavy atom. The van der Waals surface area contributed by atoms with Gasteiger partial charge in [-0.15, -0.1) is 10.2 Å². The first-order chi connectivity index (χ1) is 9.60. The van der Waals surface area contributed by atoms with Crippen LogP contribution < -0.4 is 5.32 Å². The van der Waals surface area contributed by atoms with Gasteiger partial charge in [-0.2, -0.15) is 5.26 Å². The quantitative estimate of drug-likeness (QED) is 0.874. The molecule has 2 rings (SSSR count). The van der Waals surface area contributed by atoms with Crippen LogP contribution in [0.25, 0.3) is 0 Å². The van der Waals surface area contributed by atoms with Gasteiger partial charge in [0.25, 0.3) is 0 Å². The van der Waals surface area contributed by atoms with E-state index in [1.54, 1.807) is 30.6 Å². The molecule has 1 N–H and O–H groups in total. The Hall–Kier alpha value is -1.62. The van der Waals surface area contributed by atoms with Crippen molar-refractivity contribution in [2.45, 2.75) is 16.5 Å². The van der Waals surface area contributed by atoms with Crippen LogP contribution in [0.15, 0.2) is 28.0 Å². The maximum absolute atomic E-state index is 12.0. The number of aromatic nitrogens is 2. The van der Waals surface area contributed by atoms with Crippen molar-refractivity contribution in [3.63, 3.8) is 0 Å². The third-order valence-corrected chi connectivity index (χ3v) is 4.57. The Kier molecular flexibility index (Phi) is 4.95. The Balaban J connectivity index is 2.00. The summed E-state index contributed by atoms with van der Waals surface area (Å²) in [5.41, 5.74) is 2.55. The number of nitrogens with zero attached hydrogens (tertiary/aromatic N) is 3. The standard InChI is InChI=1S/C12H9ClN4OS2/c1-7(20-12-17-15-6-19-12)11(18)16-9-3-2-8(5-14)10(13)4-9/h2-4,6-7H,1H3,(H,16,18). The van der Waals surface area contributed by atoms with Gasteiger partial charge >= 0.3 is 0 Å². The van der Waals surface area contributed by atoms with Gasteiger partial charge in [0.15, 0.2) is 4.34 Å². The van der Waals surface area contributed by atoms with E-state index in [0.29, 0.717) is 16.3 Å². The fourth-order valence-electron chi connectivity index (χ4n) is 1.35. The number of hydrogen-bond acceptors (Lipinski definition) is 6. The van der Waals surface area contributed by atoms with Crippen LogP contribution >= 0.6 is 34.7 Å². The highest BCUT2D eigenvalue weighted by molar-refractivity contribution is 8.02. The molecule has 0 saturated carbocycles. The van der Waals surface area contributed by atoms with Gasteiger partial charge in [-0.05, 0) is 25.1 Å². The van der Waals surface area contributed by atoms with E-state index >= 15 is 0 Å². The average molecular weight is 325 g/mol. The van der Waals surface area contributed by atoms with Gasteiger partial charge < -0.3 is 5.32 Å². The number of benzene rings is 1. The average Bonchev–Trinajstić information content (AvgIpc) is 2.91. The lowest BCUT2D eigenvalue weighted by Crippen LogP contribution is -2.22. The molecule has 20 heavy (non-hydrogen) atoms. The van der Waals surface area contributed by atoms with Crippen LogP contribution in [0.5, 0.6) is 0 Å². The Bertz CT molecular complexity index is 654. The highest BCUT2D eigenvalue weighted by atomic mass is 35.5. The molecule has 0 spiro atoms. The smallest absolute Gasteiger partial charge is 0.237 e. The Labute approximate surface area is 129 Å². The molecule has 1 aromatic heterocycles. The van der Waals surface area contributed by atoms with Crippen LogP contribution in [-0.4, -0.2) is 21.4 Å². The third-order valence-electron chi connectivity index (χ3n) is 2.34. The molecule has 1 atom stereocenters. The van der Waals surface area contributed by atoms with E-state index < -0.39 is 0 Å². The number of nitrogens with one attached hydrogen (secondary N) is 1. The van der Waals surface area contributed by atoms with E-state index in [0.717, 1.165) is 4.34 Å². The fraction of sp³-hybridized carbons (Fsp3) is 0.167. The molecule has 1 heterocycles. The molecule has 1 aromatic carbocycles. The predicted molar refractivity (Wildman–Crippen MR) is 80.0 cm³/mol. The summed E-state index contributed by atoms with van der Waals surface area (Å²) in [5, 5.41) is 19.1. The molecule has 1 unspecified atom stereocenters. The lowest BCUT2D eigenvalue weighted by atomic mass is 10.2. The van der Waals surface area contributed by atoms with Crippen LogP contribution in [0, 0.1) is 11.3 Å². The van der Waals surface area contributed by atoms with Gasteiger partial charge in [0, 0.05) is 5.69 Å². The van der Waals surface area contributed by atoms with Crippen LogP contribution in [0.3, 0.4) is 0 Å². The van der Waals surface area contributed by atoms with Crippen molar-refractivity contribution >= 4 is 46.3 Å². The van der Waals surface area contributed by atoms with Gasteiger partial charge in [-0.1, -0.05) is 34.7 Å². The minimum atomic E-state index is -0.308. The molecule has 1 amide bonds. The number of amides is 1. The number of carbonyl (C=O) groups excluding carboxylic acids is 1. The highest BCUT2D eigenvalue weighted by Gasteiger charge is 2.16. The number of nitriles is 1. The number of thioether (sulfide) groups is 1. The zero-order chi connectivity index (χ0) is 14.5. The first-order valence-electron chi connectivity index (χ1n) is 5.53. The lowest BCUT2D eigenvalue weighted by Gasteiger charge is -2.10. The van der Waals surface area contributed by atoms with Crippen molar-refractivity contribution in [2.75, 3.05) is 5.32 Å². The lowest BCUT2D eigenvalue weighted by molar-refractivity contribution is -0.115. The van der Waals surface area contributed by atoms with Crippen molar-refractivity contribution in [1.29, 1.82) is 5.26 Å². The minimum absolute atomic E-state index is 0.161. The van der Waals surface area contributed by atoms with E-state index in [1.165, 1.54) is 23.1 Å². The summed E-state index contributed by atoms with van der Waals surface area (Å²) >= 11 is 8.63. The molecular formula is C12H9ClN4OS2. The maximum atomic E-state index is 12.0. The van der Waals surface area contributed by atoms with Crippen LogP contribution in [0.1, 0.15) is 12.5 Å². The summed E-state index contributed by atoms with van der Waals surface area (Å²) in [7, 11) is 0. The first kappa shape index (κ1) is 14.8. The van der Waals surface area contributed by atoms with Crippen LogP contribution in [-0.2, 0) is 4.79 Å². The van der Waals surface area contributed by atoms with Crippen molar-refractivity contribution in [3.8, 4) is 6.07 Å². The highest BCUT2D eigenvalue weighted by Crippen LogP contribution is 2.26. The molecule has 0 radical (unpaired) electrons. The molecule has 0 saturated heterocycles. The second kappa shape index (κ2) is 6.70. The molecule has 0 aliphatic carbocycles. The molecule has 102 valence electrons. The Morgan fingerprint density at radius 1 is 1.60 bits per heavy atom. The Morgan fingerprint density at radius 3 is 3.00 bits per heavy atom. The summed E-state index contributed by atoms with van der Waals surface area (Å²) < 4.78 is 0.741. The summed E-state index contributed by atoms with van der Waals surface area (Å²) in [5.74, 6) is -0.161. The number of hydrogen-bond donors (Lipinski definition) is 1. The monoisotopic (exact) mass is 324 g/mol. The number of rotatable bonds is 4. The number of halogens is 1. The van der Waals surface area contributed by atoms with E-state index in [4.69, 9.17) is 16.9 Å². The van der Waals surface area contributed by atoms with Gasteiger partial charge in [0.2, 0.25) is 5.91 Å². The molecule has 0 aliphatic heterocycles. The topological polar surface area (TPSA) is 78.7 Å². The largest absolute Gasteiger partial charge is 0.325 e. The fourth-order valence-corrected chi connectivity index (χ4v) is 3.20. The van der Waals surface area contributed by atoms with Gasteiger partial charge in [-0.3, -0.25) is 4.79 Å². The van der Waals surface area contributed by atoms with Crippen molar-refractivity contribution in [1.82, 2.24) is 10.2 Å². The molecule has 8 heteroatoms. The third kappa shape index (κ3) is 3.70. The maximum Gasteiger partial charge on any atom is 0.237 e. The van der Waals surface area contributed by atoms with Gasteiger partial charge in [0.05, 0.1) is 15.8 Å². The molecule has 0 bridgehead atoms. The second-order valence-corrected chi connectivity index (χ2v) is 6.59. The van der Waals surface area contributed by atoms with Gasteiger partial charge in [-0.25, -0.2) is 0 Å². The summed E-state index contributed by atoms with van der Waals surface area (Å²) in [6.07, 6.45) is 0. The molecular weight excluding hydrogens is 316 g/mol. The van der Waals surface area contributed by atoms with Crippen LogP contribution in [0.4, 0.5) is 5.69 Å².